The molecule has 1 N–H and O–H groups in total. The first-order valence-electron chi connectivity index (χ1n) is 6.36. The van der Waals surface area contributed by atoms with Gasteiger partial charge in [0.05, 0.1) is 10.7 Å². The zero-order valence-electron chi connectivity index (χ0n) is 10.3. The number of aromatic nitrogens is 1. The molecule has 1 atom stereocenters. The lowest BCUT2D eigenvalue weighted by molar-refractivity contribution is 0.395. The molecule has 0 amide bonds. The zero-order valence-corrected chi connectivity index (χ0v) is 11.1. The van der Waals surface area contributed by atoms with Crippen molar-refractivity contribution in [2.24, 2.45) is 5.92 Å². The Bertz CT molecular complexity index is 356. The van der Waals surface area contributed by atoms with E-state index in [2.05, 4.69) is 22.1 Å². The van der Waals surface area contributed by atoms with Gasteiger partial charge in [-0.2, -0.15) is 0 Å². The highest BCUT2D eigenvalue weighted by molar-refractivity contribution is 6.33. The summed E-state index contributed by atoms with van der Waals surface area (Å²) < 4.78 is 0. The van der Waals surface area contributed by atoms with Crippen molar-refractivity contribution < 1.29 is 0 Å². The van der Waals surface area contributed by atoms with Crippen LogP contribution in [0.5, 0.6) is 0 Å². The van der Waals surface area contributed by atoms with Crippen LogP contribution in [0.2, 0.25) is 5.02 Å². The molecule has 0 spiro atoms. The van der Waals surface area contributed by atoms with Crippen molar-refractivity contribution in [1.29, 1.82) is 0 Å². The normalized spacial score (nSPS) is 20.6. The average Bonchev–Trinajstić information content (AvgIpc) is 2.37. The second-order valence-corrected chi connectivity index (χ2v) is 5.00. The number of piperidine rings is 1. The summed E-state index contributed by atoms with van der Waals surface area (Å²) in [5.41, 5.74) is 1.13. The molecule has 0 aliphatic carbocycles. The van der Waals surface area contributed by atoms with Crippen LogP contribution in [0.3, 0.4) is 0 Å². The lowest BCUT2D eigenvalue weighted by Gasteiger charge is -2.34. The molecule has 0 radical (unpaired) electrons. The van der Waals surface area contributed by atoms with Crippen LogP contribution >= 0.6 is 11.6 Å². The molecule has 94 valence electrons. The van der Waals surface area contributed by atoms with E-state index in [4.69, 9.17) is 11.6 Å². The van der Waals surface area contributed by atoms with Crippen molar-refractivity contribution in [1.82, 2.24) is 10.3 Å². The van der Waals surface area contributed by atoms with Crippen LogP contribution in [0, 0.1) is 5.92 Å². The molecule has 1 aliphatic rings. The van der Waals surface area contributed by atoms with Crippen molar-refractivity contribution in [3.8, 4) is 0 Å². The van der Waals surface area contributed by atoms with Gasteiger partial charge in [0.15, 0.2) is 0 Å². The summed E-state index contributed by atoms with van der Waals surface area (Å²) in [6.07, 6.45) is 6.10. The topological polar surface area (TPSA) is 28.2 Å². The first-order chi connectivity index (χ1) is 8.31. The maximum atomic E-state index is 6.19. The first-order valence-corrected chi connectivity index (χ1v) is 6.74. The van der Waals surface area contributed by atoms with E-state index in [1.807, 2.05) is 12.3 Å². The Hall–Kier alpha value is -0.800. The lowest BCUT2D eigenvalue weighted by Crippen LogP contribution is -2.39. The van der Waals surface area contributed by atoms with Crippen LogP contribution in [-0.4, -0.2) is 31.2 Å². The van der Waals surface area contributed by atoms with E-state index < -0.39 is 0 Å². The third-order valence-electron chi connectivity index (χ3n) is 3.29. The standard InChI is InChI=1S/C13H20ClN3/c1-2-15-8-11-4-3-7-17(10-11)13-5-6-16-9-12(13)14/h5-6,9,11,15H,2-4,7-8,10H2,1H3. The van der Waals surface area contributed by atoms with Gasteiger partial charge in [0.25, 0.3) is 0 Å². The summed E-state index contributed by atoms with van der Waals surface area (Å²) in [6, 6.07) is 2.01. The molecule has 1 aliphatic heterocycles. The third kappa shape index (κ3) is 3.33. The summed E-state index contributed by atoms with van der Waals surface area (Å²) >= 11 is 6.19. The molecule has 1 aromatic heterocycles. The fraction of sp³-hybridized carbons (Fsp3) is 0.615. The predicted octanol–water partition coefficient (Wildman–Crippen LogP) is 2.56. The Morgan fingerprint density at radius 1 is 1.59 bits per heavy atom. The van der Waals surface area contributed by atoms with Crippen molar-refractivity contribution in [2.75, 3.05) is 31.1 Å². The highest BCUT2D eigenvalue weighted by Gasteiger charge is 2.20. The number of halogens is 1. The minimum Gasteiger partial charge on any atom is -0.370 e. The Labute approximate surface area is 108 Å². The number of pyridine rings is 1. The minimum absolute atomic E-state index is 0.730. The van der Waals surface area contributed by atoms with Gasteiger partial charge in [-0.05, 0) is 37.9 Å². The molecule has 0 aromatic carbocycles. The quantitative estimate of drug-likeness (QED) is 0.894. The zero-order chi connectivity index (χ0) is 12.1. The Kier molecular flexibility index (Phi) is 4.63. The van der Waals surface area contributed by atoms with Crippen molar-refractivity contribution in [2.45, 2.75) is 19.8 Å². The number of anilines is 1. The van der Waals surface area contributed by atoms with Gasteiger partial charge in [-0.3, -0.25) is 4.98 Å². The molecule has 0 saturated carbocycles. The van der Waals surface area contributed by atoms with Crippen molar-refractivity contribution in [3.05, 3.63) is 23.5 Å². The molecule has 1 fully saturated rings. The predicted molar refractivity (Wildman–Crippen MR) is 72.7 cm³/mol. The van der Waals surface area contributed by atoms with E-state index in [1.54, 1.807) is 6.20 Å². The molecule has 0 bridgehead atoms. The third-order valence-corrected chi connectivity index (χ3v) is 3.58. The summed E-state index contributed by atoms with van der Waals surface area (Å²) in [5, 5.41) is 4.19. The molecule has 2 rings (SSSR count). The van der Waals surface area contributed by atoms with E-state index in [0.717, 1.165) is 42.8 Å². The smallest absolute Gasteiger partial charge is 0.0822 e. The SMILES string of the molecule is CCNCC1CCCN(c2ccncc2Cl)C1. The highest BCUT2D eigenvalue weighted by Crippen LogP contribution is 2.28. The summed E-state index contributed by atoms with van der Waals surface area (Å²) in [5.74, 6) is 0.730. The second kappa shape index (κ2) is 6.22. The Morgan fingerprint density at radius 2 is 2.47 bits per heavy atom. The maximum Gasteiger partial charge on any atom is 0.0822 e. The minimum atomic E-state index is 0.730. The second-order valence-electron chi connectivity index (χ2n) is 4.59. The molecule has 3 nitrogen and oxygen atoms in total. The number of rotatable bonds is 4. The highest BCUT2D eigenvalue weighted by atomic mass is 35.5. The number of hydrogen-bond donors (Lipinski definition) is 1. The largest absolute Gasteiger partial charge is 0.370 e. The van der Waals surface area contributed by atoms with Crippen molar-refractivity contribution in [3.63, 3.8) is 0 Å². The van der Waals surface area contributed by atoms with Crippen LogP contribution in [-0.2, 0) is 0 Å². The van der Waals surface area contributed by atoms with Crippen molar-refractivity contribution >= 4 is 17.3 Å². The molecule has 1 unspecified atom stereocenters. The molecule has 1 aromatic rings. The van der Waals surface area contributed by atoms with E-state index in [0.29, 0.717) is 0 Å². The van der Waals surface area contributed by atoms with E-state index in [9.17, 15) is 0 Å². The summed E-state index contributed by atoms with van der Waals surface area (Å²) in [4.78, 5) is 6.42. The van der Waals surface area contributed by atoms with Gasteiger partial charge in [0.1, 0.15) is 0 Å². The Morgan fingerprint density at radius 3 is 3.24 bits per heavy atom. The molecule has 4 heteroatoms. The average molecular weight is 254 g/mol. The van der Waals surface area contributed by atoms with E-state index in [-0.39, 0.29) is 0 Å². The molecular weight excluding hydrogens is 234 g/mol. The van der Waals surface area contributed by atoms with Crippen LogP contribution in [0.4, 0.5) is 5.69 Å². The molecular formula is C13H20ClN3. The van der Waals surface area contributed by atoms with Crippen LogP contribution in [0.15, 0.2) is 18.5 Å². The molecule has 1 saturated heterocycles. The Balaban J connectivity index is 1.99. The summed E-state index contributed by atoms with van der Waals surface area (Å²) in [7, 11) is 0. The number of nitrogens with one attached hydrogen (secondary N) is 1. The van der Waals surface area contributed by atoms with Crippen LogP contribution in [0.1, 0.15) is 19.8 Å². The fourth-order valence-corrected chi connectivity index (χ4v) is 2.66. The van der Waals surface area contributed by atoms with E-state index >= 15 is 0 Å². The lowest BCUT2D eigenvalue weighted by atomic mass is 9.97. The van der Waals surface area contributed by atoms with Gasteiger partial charge < -0.3 is 10.2 Å². The maximum absolute atomic E-state index is 6.19. The van der Waals surface area contributed by atoms with Gasteiger partial charge in [0.2, 0.25) is 0 Å². The molecule has 17 heavy (non-hydrogen) atoms. The van der Waals surface area contributed by atoms with Gasteiger partial charge in [0, 0.05) is 25.5 Å². The molecule has 2 heterocycles. The van der Waals surface area contributed by atoms with Crippen LogP contribution < -0.4 is 10.2 Å². The number of nitrogens with zero attached hydrogens (tertiary/aromatic N) is 2. The van der Waals surface area contributed by atoms with E-state index in [1.165, 1.54) is 12.8 Å². The van der Waals surface area contributed by atoms with Crippen LogP contribution in [0.25, 0.3) is 0 Å². The van der Waals surface area contributed by atoms with Gasteiger partial charge in [-0.15, -0.1) is 0 Å². The van der Waals surface area contributed by atoms with Gasteiger partial charge in [-0.25, -0.2) is 0 Å². The number of hydrogen-bond acceptors (Lipinski definition) is 3. The van der Waals surface area contributed by atoms with Gasteiger partial charge >= 0.3 is 0 Å². The monoisotopic (exact) mass is 253 g/mol. The first kappa shape index (κ1) is 12.7. The summed E-state index contributed by atoms with van der Waals surface area (Å²) in [6.45, 7) is 6.51. The fourth-order valence-electron chi connectivity index (χ4n) is 2.42. The van der Waals surface area contributed by atoms with Gasteiger partial charge in [-0.1, -0.05) is 18.5 Å².